The molecule has 0 spiro atoms. The largest absolute Gasteiger partial charge is 0.271 e. The second-order valence-corrected chi connectivity index (χ2v) is 7.84. The van der Waals surface area contributed by atoms with Crippen molar-refractivity contribution in [3.8, 4) is 0 Å². The second kappa shape index (κ2) is 6.80. The van der Waals surface area contributed by atoms with E-state index in [4.69, 9.17) is 17.4 Å². The van der Waals surface area contributed by atoms with Gasteiger partial charge in [-0.25, -0.2) is 0 Å². The van der Waals surface area contributed by atoms with Gasteiger partial charge in [-0.15, -0.1) is 0 Å². The smallest absolute Gasteiger partial charge is 0.0441 e. The van der Waals surface area contributed by atoms with Gasteiger partial charge >= 0.3 is 0 Å². The molecule has 0 aliphatic rings. The fourth-order valence-electron chi connectivity index (χ4n) is 1.60. The number of nitrogens with one attached hydrogen (secondary N) is 1. The fourth-order valence-corrected chi connectivity index (χ4v) is 2.83. The summed E-state index contributed by atoms with van der Waals surface area (Å²) in [6, 6.07) is 6.42. The predicted octanol–water partition coefficient (Wildman–Crippen LogP) is 3.55. The molecule has 0 amide bonds. The van der Waals surface area contributed by atoms with Crippen LogP contribution in [-0.2, 0) is 6.42 Å². The standard InChI is InChI=1S/C14H23ClN2S/c1-10-5-6-11(13(15)7-10)8-12(17-16)9-18-14(2,3)4/h5-7,12,17H,8-9,16H2,1-4H3. The van der Waals surface area contributed by atoms with Crippen molar-refractivity contribution in [3.63, 3.8) is 0 Å². The highest BCUT2D eigenvalue weighted by Crippen LogP contribution is 2.25. The molecule has 0 aromatic heterocycles. The van der Waals surface area contributed by atoms with Gasteiger partial charge in [0.25, 0.3) is 0 Å². The van der Waals surface area contributed by atoms with E-state index in [0.29, 0.717) is 0 Å². The number of hydrazine groups is 1. The number of halogens is 1. The Morgan fingerprint density at radius 1 is 1.39 bits per heavy atom. The number of hydrogen-bond acceptors (Lipinski definition) is 3. The molecule has 3 N–H and O–H groups in total. The Kier molecular flexibility index (Phi) is 5.99. The molecular formula is C14H23ClN2S. The van der Waals surface area contributed by atoms with E-state index in [2.05, 4.69) is 38.3 Å². The number of aryl methyl sites for hydroxylation is 1. The first-order chi connectivity index (χ1) is 8.31. The zero-order valence-electron chi connectivity index (χ0n) is 11.6. The lowest BCUT2D eigenvalue weighted by molar-refractivity contribution is 0.573. The summed E-state index contributed by atoms with van der Waals surface area (Å²) in [7, 11) is 0. The predicted molar refractivity (Wildman–Crippen MR) is 83.2 cm³/mol. The maximum absolute atomic E-state index is 6.25. The Labute approximate surface area is 120 Å². The molecule has 0 aliphatic carbocycles. The lowest BCUT2D eigenvalue weighted by atomic mass is 10.1. The van der Waals surface area contributed by atoms with Crippen molar-refractivity contribution in [3.05, 3.63) is 34.3 Å². The third kappa shape index (κ3) is 5.61. The van der Waals surface area contributed by atoms with Crippen molar-refractivity contribution < 1.29 is 0 Å². The summed E-state index contributed by atoms with van der Waals surface area (Å²) < 4.78 is 0.256. The first kappa shape index (κ1) is 15.8. The summed E-state index contributed by atoms with van der Waals surface area (Å²) >= 11 is 8.15. The van der Waals surface area contributed by atoms with E-state index in [1.54, 1.807) is 0 Å². The number of rotatable bonds is 5. The average Bonchev–Trinajstić information content (AvgIpc) is 2.25. The SMILES string of the molecule is Cc1ccc(CC(CSC(C)(C)C)NN)c(Cl)c1. The maximum Gasteiger partial charge on any atom is 0.0441 e. The van der Waals surface area contributed by atoms with Gasteiger partial charge < -0.3 is 0 Å². The van der Waals surface area contributed by atoms with Crippen LogP contribution in [0.5, 0.6) is 0 Å². The molecule has 0 heterocycles. The Morgan fingerprint density at radius 2 is 2.06 bits per heavy atom. The van der Waals surface area contributed by atoms with Crippen LogP contribution in [0.15, 0.2) is 18.2 Å². The molecule has 0 fully saturated rings. The topological polar surface area (TPSA) is 38.0 Å². The number of benzene rings is 1. The summed E-state index contributed by atoms with van der Waals surface area (Å²) in [6.07, 6.45) is 0.860. The molecule has 1 unspecified atom stereocenters. The van der Waals surface area contributed by atoms with Gasteiger partial charge in [0.15, 0.2) is 0 Å². The van der Waals surface area contributed by atoms with Gasteiger partial charge in [0.05, 0.1) is 0 Å². The third-order valence-corrected chi connectivity index (χ3v) is 4.42. The zero-order valence-corrected chi connectivity index (χ0v) is 13.2. The zero-order chi connectivity index (χ0) is 13.8. The molecule has 2 nitrogen and oxygen atoms in total. The minimum Gasteiger partial charge on any atom is -0.271 e. The molecule has 102 valence electrons. The van der Waals surface area contributed by atoms with E-state index in [-0.39, 0.29) is 10.8 Å². The summed E-state index contributed by atoms with van der Waals surface area (Å²) in [5, 5.41) is 0.830. The van der Waals surface area contributed by atoms with E-state index in [0.717, 1.165) is 22.8 Å². The molecule has 18 heavy (non-hydrogen) atoms. The van der Waals surface area contributed by atoms with Crippen LogP contribution >= 0.6 is 23.4 Å². The Bertz CT molecular complexity index is 388. The van der Waals surface area contributed by atoms with Crippen LogP contribution in [0.3, 0.4) is 0 Å². The molecule has 1 atom stereocenters. The average molecular weight is 287 g/mol. The molecule has 1 rings (SSSR count). The Morgan fingerprint density at radius 3 is 2.56 bits per heavy atom. The summed E-state index contributed by atoms with van der Waals surface area (Å²) in [4.78, 5) is 0. The molecule has 0 bridgehead atoms. The lowest BCUT2D eigenvalue weighted by Crippen LogP contribution is -2.39. The van der Waals surface area contributed by atoms with Gasteiger partial charge in [-0.1, -0.05) is 44.5 Å². The van der Waals surface area contributed by atoms with Crippen LogP contribution < -0.4 is 11.3 Å². The van der Waals surface area contributed by atoms with Gasteiger partial charge in [-0.3, -0.25) is 11.3 Å². The maximum atomic E-state index is 6.25. The number of nitrogens with two attached hydrogens (primary N) is 1. The van der Waals surface area contributed by atoms with E-state index < -0.39 is 0 Å². The van der Waals surface area contributed by atoms with Crippen molar-refractivity contribution in [2.75, 3.05) is 5.75 Å². The van der Waals surface area contributed by atoms with Gasteiger partial charge in [0.1, 0.15) is 0 Å². The molecule has 1 aromatic carbocycles. The first-order valence-electron chi connectivity index (χ1n) is 6.17. The molecule has 0 aliphatic heterocycles. The van der Waals surface area contributed by atoms with Crippen molar-refractivity contribution in [2.24, 2.45) is 5.84 Å². The monoisotopic (exact) mass is 286 g/mol. The van der Waals surface area contributed by atoms with Crippen LogP contribution in [-0.4, -0.2) is 16.5 Å². The highest BCUT2D eigenvalue weighted by molar-refractivity contribution is 8.00. The molecule has 4 heteroatoms. The summed E-state index contributed by atoms with van der Waals surface area (Å²) in [6.45, 7) is 8.68. The lowest BCUT2D eigenvalue weighted by Gasteiger charge is -2.23. The van der Waals surface area contributed by atoms with Gasteiger partial charge in [0.2, 0.25) is 0 Å². The molecule has 1 aromatic rings. The van der Waals surface area contributed by atoms with E-state index in [1.165, 1.54) is 5.56 Å². The van der Waals surface area contributed by atoms with Gasteiger partial charge in [-0.05, 0) is 30.5 Å². The Balaban J connectivity index is 2.62. The molecule has 0 radical (unpaired) electrons. The van der Waals surface area contributed by atoms with E-state index >= 15 is 0 Å². The quantitative estimate of drug-likeness (QED) is 0.642. The van der Waals surface area contributed by atoms with E-state index in [9.17, 15) is 0 Å². The number of thioether (sulfide) groups is 1. The van der Waals surface area contributed by atoms with Crippen LogP contribution in [0.2, 0.25) is 5.02 Å². The number of hydrogen-bond donors (Lipinski definition) is 2. The second-order valence-electron chi connectivity index (χ2n) is 5.59. The summed E-state index contributed by atoms with van der Waals surface area (Å²) in [5.74, 6) is 6.60. The van der Waals surface area contributed by atoms with Gasteiger partial charge in [0, 0.05) is 21.6 Å². The molecule has 0 saturated heterocycles. The minimum absolute atomic E-state index is 0.245. The normalized spacial score (nSPS) is 13.7. The van der Waals surface area contributed by atoms with Crippen LogP contribution in [0, 0.1) is 6.92 Å². The minimum atomic E-state index is 0.245. The Hall–Kier alpha value is -0.220. The van der Waals surface area contributed by atoms with Crippen molar-refractivity contribution in [1.82, 2.24) is 5.43 Å². The van der Waals surface area contributed by atoms with Gasteiger partial charge in [-0.2, -0.15) is 11.8 Å². The highest BCUT2D eigenvalue weighted by Gasteiger charge is 2.16. The van der Waals surface area contributed by atoms with Crippen molar-refractivity contribution >= 4 is 23.4 Å². The molecule has 0 saturated carbocycles. The first-order valence-corrected chi connectivity index (χ1v) is 7.53. The molecular weight excluding hydrogens is 264 g/mol. The van der Waals surface area contributed by atoms with E-state index in [1.807, 2.05) is 24.8 Å². The van der Waals surface area contributed by atoms with Crippen LogP contribution in [0.1, 0.15) is 31.9 Å². The third-order valence-electron chi connectivity index (χ3n) is 2.63. The summed E-state index contributed by atoms with van der Waals surface area (Å²) in [5.41, 5.74) is 5.22. The fraction of sp³-hybridized carbons (Fsp3) is 0.571. The van der Waals surface area contributed by atoms with Crippen LogP contribution in [0.25, 0.3) is 0 Å². The van der Waals surface area contributed by atoms with Crippen molar-refractivity contribution in [2.45, 2.75) is 44.9 Å². The van der Waals surface area contributed by atoms with Crippen LogP contribution in [0.4, 0.5) is 0 Å². The van der Waals surface area contributed by atoms with Crippen molar-refractivity contribution in [1.29, 1.82) is 0 Å². The highest BCUT2D eigenvalue weighted by atomic mass is 35.5.